The van der Waals surface area contributed by atoms with Crippen molar-refractivity contribution >= 4 is 18.0 Å². The number of carbonyl (C=O) groups is 3. The molecule has 3 N–H and O–H groups in total. The van der Waals surface area contributed by atoms with Crippen LogP contribution in [0.15, 0.2) is 18.2 Å². The van der Waals surface area contributed by atoms with Crippen LogP contribution in [0, 0.1) is 0 Å². The van der Waals surface area contributed by atoms with Crippen molar-refractivity contribution in [2.45, 2.75) is 65.4 Å². The van der Waals surface area contributed by atoms with Crippen LogP contribution in [0.1, 0.15) is 69.3 Å². The van der Waals surface area contributed by atoms with Gasteiger partial charge in [0.2, 0.25) is 5.91 Å². The fraction of sp³-hybridized carbons (Fsp3) is 0.571. The maximum atomic E-state index is 12.0. The summed E-state index contributed by atoms with van der Waals surface area (Å²) in [5.41, 5.74) is 0.212. The van der Waals surface area contributed by atoms with Crippen LogP contribution in [0.25, 0.3) is 0 Å². The van der Waals surface area contributed by atoms with Crippen molar-refractivity contribution in [3.8, 4) is 5.75 Å². The predicted octanol–water partition coefficient (Wildman–Crippen LogP) is 3.27. The van der Waals surface area contributed by atoms with E-state index < -0.39 is 17.7 Å². The number of unbranched alkanes of at least 4 members (excludes halogenated alkanes) is 2. The quantitative estimate of drug-likeness (QED) is 0.311. The highest BCUT2D eigenvalue weighted by Gasteiger charge is 2.16. The summed E-state index contributed by atoms with van der Waals surface area (Å²) in [5.74, 6) is -1.01. The van der Waals surface area contributed by atoms with Crippen LogP contribution in [0.3, 0.4) is 0 Å². The fourth-order valence-electron chi connectivity index (χ4n) is 2.48. The van der Waals surface area contributed by atoms with Crippen molar-refractivity contribution in [1.82, 2.24) is 10.6 Å². The van der Waals surface area contributed by atoms with Gasteiger partial charge in [-0.05, 0) is 51.7 Å². The van der Waals surface area contributed by atoms with Crippen molar-refractivity contribution in [3.05, 3.63) is 29.3 Å². The van der Waals surface area contributed by atoms with Crippen LogP contribution < -0.4 is 10.6 Å². The van der Waals surface area contributed by atoms with Gasteiger partial charge in [-0.15, -0.1) is 0 Å². The molecule has 0 aliphatic heterocycles. The third-order valence-corrected chi connectivity index (χ3v) is 3.94. The Hall–Kier alpha value is -2.77. The molecule has 162 valence electrons. The molecule has 1 aromatic carbocycles. The van der Waals surface area contributed by atoms with Crippen LogP contribution in [0.2, 0.25) is 0 Å². The van der Waals surface area contributed by atoms with Crippen LogP contribution in [0.5, 0.6) is 5.75 Å². The number of hydrogen-bond acceptors (Lipinski definition) is 6. The lowest BCUT2D eigenvalue weighted by Crippen LogP contribution is -2.33. The van der Waals surface area contributed by atoms with Crippen LogP contribution in [0.4, 0.5) is 4.79 Å². The Morgan fingerprint density at radius 1 is 1.07 bits per heavy atom. The average molecular weight is 408 g/mol. The molecule has 8 nitrogen and oxygen atoms in total. The van der Waals surface area contributed by atoms with E-state index in [-0.39, 0.29) is 24.0 Å². The Morgan fingerprint density at radius 3 is 2.45 bits per heavy atom. The Bertz CT molecular complexity index is 697. The van der Waals surface area contributed by atoms with Gasteiger partial charge in [0.05, 0.1) is 0 Å². The second kappa shape index (κ2) is 11.9. The lowest BCUT2D eigenvalue weighted by molar-refractivity contribution is -0.122. The molecule has 29 heavy (non-hydrogen) atoms. The van der Waals surface area contributed by atoms with E-state index in [9.17, 15) is 19.5 Å². The average Bonchev–Trinajstić information content (AvgIpc) is 2.63. The molecule has 8 heteroatoms. The van der Waals surface area contributed by atoms with Gasteiger partial charge in [0.1, 0.15) is 16.9 Å². The number of hydrogen-bond donors (Lipinski definition) is 3. The van der Waals surface area contributed by atoms with E-state index in [1.807, 2.05) is 6.92 Å². The zero-order chi connectivity index (χ0) is 21.9. The van der Waals surface area contributed by atoms with Crippen molar-refractivity contribution in [2.75, 3.05) is 13.3 Å². The summed E-state index contributed by atoms with van der Waals surface area (Å²) in [4.78, 5) is 35.3. The van der Waals surface area contributed by atoms with E-state index in [1.165, 1.54) is 6.07 Å². The molecule has 0 radical (unpaired) electrons. The van der Waals surface area contributed by atoms with Crippen LogP contribution in [-0.2, 0) is 20.7 Å². The predicted molar refractivity (Wildman–Crippen MR) is 109 cm³/mol. The second-order valence-corrected chi connectivity index (χ2v) is 7.58. The van der Waals surface area contributed by atoms with Crippen molar-refractivity contribution in [2.24, 2.45) is 0 Å². The number of phenols is 1. The number of aryl methyl sites for hydroxylation is 1. The molecule has 0 aromatic heterocycles. The van der Waals surface area contributed by atoms with E-state index in [2.05, 4.69) is 10.6 Å². The topological polar surface area (TPSA) is 114 Å². The minimum Gasteiger partial charge on any atom is -0.507 e. The minimum absolute atomic E-state index is 0.0797. The molecule has 1 aromatic rings. The Kier molecular flexibility index (Phi) is 9.99. The van der Waals surface area contributed by atoms with Crippen molar-refractivity contribution < 1.29 is 29.0 Å². The highest BCUT2D eigenvalue weighted by molar-refractivity contribution is 5.93. The summed E-state index contributed by atoms with van der Waals surface area (Å²) >= 11 is 0. The van der Waals surface area contributed by atoms with Crippen molar-refractivity contribution in [1.29, 1.82) is 0 Å². The molecule has 0 spiro atoms. The summed E-state index contributed by atoms with van der Waals surface area (Å²) < 4.78 is 10.1. The zero-order valence-corrected chi connectivity index (χ0v) is 17.7. The number of phenolic OH excluding ortho intramolecular Hbond substituents is 1. The van der Waals surface area contributed by atoms with Gasteiger partial charge in [-0.1, -0.05) is 25.5 Å². The van der Waals surface area contributed by atoms with Gasteiger partial charge in [-0.2, -0.15) is 0 Å². The molecule has 0 heterocycles. The number of ether oxygens (including phenoxy) is 2. The number of rotatable bonds is 10. The molecule has 0 atom stereocenters. The Labute approximate surface area is 172 Å². The van der Waals surface area contributed by atoms with Crippen LogP contribution >= 0.6 is 0 Å². The molecule has 0 aliphatic carbocycles. The summed E-state index contributed by atoms with van der Waals surface area (Å²) in [7, 11) is 0. The number of amides is 2. The maximum absolute atomic E-state index is 12.0. The van der Waals surface area contributed by atoms with Gasteiger partial charge in [0.15, 0.2) is 6.73 Å². The minimum atomic E-state index is -0.689. The van der Waals surface area contributed by atoms with Crippen LogP contribution in [-0.4, -0.2) is 42.0 Å². The van der Waals surface area contributed by atoms with Crippen molar-refractivity contribution in [3.63, 3.8) is 0 Å². The largest absolute Gasteiger partial charge is 0.507 e. The van der Waals surface area contributed by atoms with Gasteiger partial charge in [0.25, 0.3) is 0 Å². The molecular weight excluding hydrogens is 376 g/mol. The molecule has 1 rings (SSSR count). The summed E-state index contributed by atoms with van der Waals surface area (Å²) in [6.07, 6.45) is 2.58. The monoisotopic (exact) mass is 408 g/mol. The lowest BCUT2D eigenvalue weighted by atomic mass is 10.1. The fourth-order valence-corrected chi connectivity index (χ4v) is 2.48. The molecule has 2 amide bonds. The standard InChI is InChI=1S/C21H32N2O6/c1-5-15-10-9-11-16(18(15)25)19(26)28-14-23-17(24)12-7-6-8-13-22-20(27)29-21(2,3)4/h9-11,25H,5-8,12-14H2,1-4H3,(H,22,27)(H,23,24). The summed E-state index contributed by atoms with van der Waals surface area (Å²) in [5, 5.41) is 15.2. The van der Waals surface area contributed by atoms with Gasteiger partial charge in [0, 0.05) is 13.0 Å². The highest BCUT2D eigenvalue weighted by Crippen LogP contribution is 2.23. The normalized spacial score (nSPS) is 10.9. The smallest absolute Gasteiger partial charge is 0.407 e. The Balaban J connectivity index is 2.16. The lowest BCUT2D eigenvalue weighted by Gasteiger charge is -2.19. The number of alkyl carbamates (subject to hydrolysis) is 1. The van der Waals surface area contributed by atoms with Gasteiger partial charge >= 0.3 is 12.1 Å². The van der Waals surface area contributed by atoms with E-state index in [0.717, 1.165) is 12.8 Å². The first-order chi connectivity index (χ1) is 13.6. The number of benzene rings is 1. The first kappa shape index (κ1) is 24.3. The SMILES string of the molecule is CCc1cccc(C(=O)OCNC(=O)CCCCCNC(=O)OC(C)(C)C)c1O. The number of carbonyl (C=O) groups excluding carboxylic acids is 3. The molecule has 0 saturated heterocycles. The molecular formula is C21H32N2O6. The summed E-state index contributed by atoms with van der Waals surface area (Å²) in [6, 6.07) is 4.88. The molecule has 0 saturated carbocycles. The van der Waals surface area contributed by atoms with Gasteiger partial charge in [-0.3, -0.25) is 4.79 Å². The van der Waals surface area contributed by atoms with E-state index in [1.54, 1.807) is 32.9 Å². The second-order valence-electron chi connectivity index (χ2n) is 7.58. The molecule has 0 bridgehead atoms. The molecule has 0 unspecified atom stereocenters. The first-order valence-corrected chi connectivity index (χ1v) is 9.85. The number of nitrogens with one attached hydrogen (secondary N) is 2. The number of aromatic hydroxyl groups is 1. The van der Waals surface area contributed by atoms with Gasteiger partial charge < -0.3 is 25.2 Å². The maximum Gasteiger partial charge on any atom is 0.407 e. The van der Waals surface area contributed by atoms with E-state index in [4.69, 9.17) is 9.47 Å². The van der Waals surface area contributed by atoms with Gasteiger partial charge in [-0.25, -0.2) is 9.59 Å². The first-order valence-electron chi connectivity index (χ1n) is 9.85. The zero-order valence-electron chi connectivity index (χ0n) is 17.7. The third-order valence-electron chi connectivity index (χ3n) is 3.94. The summed E-state index contributed by atoms with van der Waals surface area (Å²) in [6.45, 7) is 7.49. The number of para-hydroxylation sites is 1. The van der Waals surface area contributed by atoms with E-state index >= 15 is 0 Å². The number of esters is 1. The third kappa shape index (κ3) is 9.82. The highest BCUT2D eigenvalue weighted by atomic mass is 16.6. The van der Waals surface area contributed by atoms with E-state index in [0.29, 0.717) is 31.4 Å². The molecule has 0 aliphatic rings. The molecule has 0 fully saturated rings. The Morgan fingerprint density at radius 2 is 1.79 bits per heavy atom.